The van der Waals surface area contributed by atoms with Gasteiger partial charge in [0.15, 0.2) is 0 Å². The summed E-state index contributed by atoms with van der Waals surface area (Å²) in [6.45, 7) is 6.27. The van der Waals surface area contributed by atoms with E-state index in [2.05, 4.69) is 26.0 Å². The third-order valence-corrected chi connectivity index (χ3v) is 8.56. The Balaban J connectivity index is 1.46. The van der Waals surface area contributed by atoms with Crippen molar-refractivity contribution in [2.45, 2.75) is 42.1 Å². The van der Waals surface area contributed by atoms with E-state index in [1.54, 1.807) is 62.8 Å². The third-order valence-electron chi connectivity index (χ3n) is 6.77. The first-order valence-corrected chi connectivity index (χ1v) is 13.5. The van der Waals surface area contributed by atoms with Crippen molar-refractivity contribution in [1.82, 2.24) is 0 Å². The molecule has 0 amide bonds. The number of methoxy groups -OCH3 is 2. The summed E-state index contributed by atoms with van der Waals surface area (Å²) >= 11 is 0. The maximum atomic E-state index is 13.1. The van der Waals surface area contributed by atoms with Gasteiger partial charge in [-0.25, -0.2) is 8.42 Å². The number of rotatable bonds is 9. The Morgan fingerprint density at radius 1 is 0.622 bits per heavy atom. The molecule has 0 aromatic heterocycles. The lowest BCUT2D eigenvalue weighted by atomic mass is 9.78. The third kappa shape index (κ3) is 5.71. The van der Waals surface area contributed by atoms with E-state index in [1.165, 1.54) is 5.56 Å². The summed E-state index contributed by atoms with van der Waals surface area (Å²) < 4.78 is 42.7. The van der Waals surface area contributed by atoms with Crippen LogP contribution in [0.3, 0.4) is 0 Å². The molecule has 0 radical (unpaired) electrons. The van der Waals surface area contributed by atoms with Gasteiger partial charge in [0.25, 0.3) is 0 Å². The first-order chi connectivity index (χ1) is 17.6. The number of sulfone groups is 1. The van der Waals surface area contributed by atoms with Crippen molar-refractivity contribution < 1.29 is 22.6 Å². The van der Waals surface area contributed by atoms with Gasteiger partial charge in [0.1, 0.15) is 17.2 Å². The zero-order chi connectivity index (χ0) is 26.6. The van der Waals surface area contributed by atoms with E-state index in [9.17, 15) is 8.42 Å². The fraction of sp³-hybridized carbons (Fsp3) is 0.226. The summed E-state index contributed by atoms with van der Waals surface area (Å²) in [5, 5.41) is 0. The van der Waals surface area contributed by atoms with Crippen LogP contribution in [-0.4, -0.2) is 22.6 Å². The Hall–Kier alpha value is -3.61. The molecule has 0 aliphatic heterocycles. The second-order valence-electron chi connectivity index (χ2n) is 9.40. The van der Waals surface area contributed by atoms with E-state index >= 15 is 0 Å². The van der Waals surface area contributed by atoms with Crippen molar-refractivity contribution in [2.24, 2.45) is 0 Å². The molecule has 192 valence electrons. The van der Waals surface area contributed by atoms with Crippen molar-refractivity contribution in [3.63, 3.8) is 0 Å². The summed E-state index contributed by atoms with van der Waals surface area (Å²) in [4.78, 5) is 0.451. The van der Waals surface area contributed by atoms with Gasteiger partial charge in [-0.05, 0) is 84.3 Å². The molecule has 0 aliphatic carbocycles. The number of hydrogen-bond acceptors (Lipinski definition) is 5. The Morgan fingerprint density at radius 2 is 1.03 bits per heavy atom. The lowest BCUT2D eigenvalue weighted by Gasteiger charge is -2.26. The summed E-state index contributed by atoms with van der Waals surface area (Å²) in [5.41, 5.74) is 3.06. The minimum Gasteiger partial charge on any atom is -0.497 e. The Morgan fingerprint density at radius 3 is 1.46 bits per heavy atom. The SMILES string of the molecule is COc1ccc(C(C)(C)c2ccc(Oc3ccc(S(=O)(=O)c4ccc(C(C)OC)cc4)cc3)cc2)cc1. The smallest absolute Gasteiger partial charge is 0.206 e. The molecule has 0 aliphatic rings. The lowest BCUT2D eigenvalue weighted by molar-refractivity contribution is 0.119. The van der Waals surface area contributed by atoms with Crippen LogP contribution >= 0.6 is 0 Å². The molecule has 0 saturated carbocycles. The number of benzene rings is 4. The van der Waals surface area contributed by atoms with Crippen LogP contribution < -0.4 is 9.47 Å². The predicted octanol–water partition coefficient (Wildman–Crippen LogP) is 7.35. The average molecular weight is 517 g/mol. The highest BCUT2D eigenvalue weighted by Crippen LogP contribution is 2.34. The van der Waals surface area contributed by atoms with Crippen molar-refractivity contribution in [3.8, 4) is 17.2 Å². The van der Waals surface area contributed by atoms with E-state index in [4.69, 9.17) is 14.2 Å². The Kier molecular flexibility index (Phi) is 7.71. The predicted molar refractivity (Wildman–Crippen MR) is 145 cm³/mol. The fourth-order valence-electron chi connectivity index (χ4n) is 4.13. The monoisotopic (exact) mass is 516 g/mol. The molecule has 1 unspecified atom stereocenters. The second-order valence-corrected chi connectivity index (χ2v) is 11.4. The zero-order valence-electron chi connectivity index (χ0n) is 21.8. The van der Waals surface area contributed by atoms with Crippen LogP contribution in [0.25, 0.3) is 0 Å². The first-order valence-electron chi connectivity index (χ1n) is 12.1. The van der Waals surface area contributed by atoms with Crippen molar-refractivity contribution >= 4 is 9.84 Å². The highest BCUT2D eigenvalue weighted by molar-refractivity contribution is 7.91. The molecule has 37 heavy (non-hydrogen) atoms. The minimum absolute atomic E-state index is 0.101. The van der Waals surface area contributed by atoms with E-state index < -0.39 is 9.84 Å². The van der Waals surface area contributed by atoms with Crippen LogP contribution in [-0.2, 0) is 20.0 Å². The molecule has 6 heteroatoms. The first kappa shape index (κ1) is 26.5. The quantitative estimate of drug-likeness (QED) is 0.233. The van der Waals surface area contributed by atoms with Gasteiger partial charge in [-0.1, -0.05) is 50.2 Å². The molecule has 0 fully saturated rings. The van der Waals surface area contributed by atoms with E-state index in [1.807, 2.05) is 43.3 Å². The highest BCUT2D eigenvalue weighted by Gasteiger charge is 2.23. The maximum Gasteiger partial charge on any atom is 0.206 e. The van der Waals surface area contributed by atoms with Gasteiger partial charge in [-0.15, -0.1) is 0 Å². The van der Waals surface area contributed by atoms with Crippen molar-refractivity contribution in [1.29, 1.82) is 0 Å². The summed E-state index contributed by atoms with van der Waals surface area (Å²) in [7, 11) is -0.353. The van der Waals surface area contributed by atoms with Gasteiger partial charge in [0.2, 0.25) is 9.84 Å². The van der Waals surface area contributed by atoms with Crippen LogP contribution in [0.15, 0.2) is 107 Å². The average Bonchev–Trinajstić information content (AvgIpc) is 2.93. The lowest BCUT2D eigenvalue weighted by Crippen LogP contribution is -2.18. The molecular formula is C31H32O5S. The van der Waals surface area contributed by atoms with Crippen LogP contribution in [0.2, 0.25) is 0 Å². The van der Waals surface area contributed by atoms with Crippen LogP contribution in [0, 0.1) is 0 Å². The van der Waals surface area contributed by atoms with Gasteiger partial charge < -0.3 is 14.2 Å². The van der Waals surface area contributed by atoms with Crippen molar-refractivity contribution in [2.75, 3.05) is 14.2 Å². The standard InChI is InChI=1S/C31H32O5S/c1-22(34-4)23-6-18-29(19-7-23)37(32,33)30-20-16-28(17-21-30)36-27-14-10-25(11-15-27)31(2,3)24-8-12-26(35-5)13-9-24/h6-22H,1-5H3. The van der Waals surface area contributed by atoms with Gasteiger partial charge in [0, 0.05) is 12.5 Å². The van der Waals surface area contributed by atoms with Gasteiger partial charge in [-0.2, -0.15) is 0 Å². The van der Waals surface area contributed by atoms with Crippen LogP contribution in [0.5, 0.6) is 17.2 Å². The molecule has 0 spiro atoms. The van der Waals surface area contributed by atoms with Crippen LogP contribution in [0.4, 0.5) is 0 Å². The zero-order valence-corrected chi connectivity index (χ0v) is 22.6. The summed E-state index contributed by atoms with van der Waals surface area (Å²) in [6.07, 6.45) is -0.101. The molecule has 4 rings (SSSR count). The molecule has 0 bridgehead atoms. The Labute approximate surface area is 219 Å². The second kappa shape index (κ2) is 10.8. The van der Waals surface area contributed by atoms with Crippen LogP contribution in [0.1, 0.15) is 43.6 Å². The molecule has 1 atom stereocenters. The normalized spacial score (nSPS) is 12.7. The summed E-state index contributed by atoms with van der Waals surface area (Å²) in [5.74, 6) is 2.06. The summed E-state index contributed by atoms with van der Waals surface area (Å²) in [6, 6.07) is 29.3. The minimum atomic E-state index is -3.63. The molecule has 5 nitrogen and oxygen atoms in total. The van der Waals surface area contributed by atoms with E-state index in [-0.39, 0.29) is 21.3 Å². The van der Waals surface area contributed by atoms with E-state index in [0.29, 0.717) is 11.5 Å². The largest absolute Gasteiger partial charge is 0.497 e. The van der Waals surface area contributed by atoms with Gasteiger partial charge in [0.05, 0.1) is 23.0 Å². The maximum absolute atomic E-state index is 13.1. The molecule has 4 aromatic carbocycles. The van der Waals surface area contributed by atoms with Gasteiger partial charge in [-0.3, -0.25) is 0 Å². The topological polar surface area (TPSA) is 61.8 Å². The Bertz CT molecular complexity index is 1420. The molecular weight excluding hydrogens is 484 g/mol. The number of hydrogen-bond donors (Lipinski definition) is 0. The molecule has 0 N–H and O–H groups in total. The molecule has 4 aromatic rings. The molecule has 0 saturated heterocycles. The fourth-order valence-corrected chi connectivity index (χ4v) is 5.39. The highest BCUT2D eigenvalue weighted by atomic mass is 32.2. The van der Waals surface area contributed by atoms with Gasteiger partial charge >= 0.3 is 0 Å². The number of ether oxygens (including phenoxy) is 3. The van der Waals surface area contributed by atoms with Crippen molar-refractivity contribution in [3.05, 3.63) is 114 Å². The molecule has 0 heterocycles. The van der Waals surface area contributed by atoms with E-state index in [0.717, 1.165) is 16.9 Å².